The Morgan fingerprint density at radius 1 is 0.654 bits per heavy atom. The molecule has 0 aliphatic heterocycles. The largest absolute Gasteiger partial charge is 0.397 e. The molecule has 0 aliphatic carbocycles. The van der Waals surface area contributed by atoms with E-state index in [2.05, 4.69) is 17.0 Å². The number of rotatable bonds is 3. The molecule has 0 bridgehead atoms. The van der Waals surface area contributed by atoms with Crippen molar-refractivity contribution in [2.24, 2.45) is 0 Å². The second-order valence-corrected chi connectivity index (χ2v) is 6.25. The Morgan fingerprint density at radius 2 is 1.23 bits per heavy atom. The summed E-state index contributed by atoms with van der Waals surface area (Å²) >= 11 is 0. The van der Waals surface area contributed by atoms with Crippen LogP contribution in [0.15, 0.2) is 78.9 Å². The van der Waals surface area contributed by atoms with Crippen molar-refractivity contribution in [2.75, 3.05) is 16.4 Å². The van der Waals surface area contributed by atoms with E-state index in [0.717, 1.165) is 33.7 Å². The Hall–Kier alpha value is -3.53. The number of aryl methyl sites for hydroxylation is 1. The molecule has 26 heavy (non-hydrogen) atoms. The van der Waals surface area contributed by atoms with Crippen LogP contribution in [0.3, 0.4) is 0 Å². The van der Waals surface area contributed by atoms with Crippen LogP contribution in [0.25, 0.3) is 10.9 Å². The lowest BCUT2D eigenvalue weighted by Crippen LogP contribution is -2.14. The van der Waals surface area contributed by atoms with Crippen LogP contribution in [0.1, 0.15) is 5.69 Å². The van der Waals surface area contributed by atoms with E-state index in [4.69, 9.17) is 16.5 Å². The van der Waals surface area contributed by atoms with E-state index in [1.54, 1.807) is 0 Å². The molecular weight excluding hydrogens is 320 g/mol. The normalized spacial score (nSPS) is 10.8. The molecule has 0 amide bonds. The van der Waals surface area contributed by atoms with Crippen molar-refractivity contribution in [3.05, 3.63) is 84.6 Å². The molecule has 128 valence electrons. The summed E-state index contributed by atoms with van der Waals surface area (Å²) in [6.07, 6.45) is 0. The lowest BCUT2D eigenvalue weighted by atomic mass is 10.1. The first-order chi connectivity index (χ1) is 12.6. The van der Waals surface area contributed by atoms with Gasteiger partial charge in [-0.3, -0.25) is 4.98 Å². The van der Waals surface area contributed by atoms with Gasteiger partial charge >= 0.3 is 0 Å². The number of nitrogen functional groups attached to an aromatic ring is 2. The van der Waals surface area contributed by atoms with E-state index >= 15 is 0 Å². The predicted octanol–water partition coefficient (Wildman–Crippen LogP) is 5.18. The van der Waals surface area contributed by atoms with Gasteiger partial charge in [0, 0.05) is 11.1 Å². The van der Waals surface area contributed by atoms with Crippen molar-refractivity contribution in [1.29, 1.82) is 0 Å². The first-order valence-electron chi connectivity index (χ1n) is 8.50. The summed E-state index contributed by atoms with van der Waals surface area (Å²) in [4.78, 5) is 6.87. The molecule has 1 heterocycles. The van der Waals surface area contributed by atoms with E-state index in [0.29, 0.717) is 11.4 Å². The minimum absolute atomic E-state index is 0.681. The van der Waals surface area contributed by atoms with E-state index < -0.39 is 0 Å². The van der Waals surface area contributed by atoms with Gasteiger partial charge in [0.25, 0.3) is 0 Å². The number of nitrogens with zero attached hydrogens (tertiary/aromatic N) is 2. The van der Waals surface area contributed by atoms with Gasteiger partial charge in [-0.1, -0.05) is 42.5 Å². The summed E-state index contributed by atoms with van der Waals surface area (Å²) in [5.74, 6) is 0. The highest BCUT2D eigenvalue weighted by Gasteiger charge is 2.19. The maximum Gasteiger partial charge on any atom is 0.0945 e. The summed E-state index contributed by atoms with van der Waals surface area (Å²) in [7, 11) is 0. The van der Waals surface area contributed by atoms with Crippen molar-refractivity contribution in [1.82, 2.24) is 4.98 Å². The van der Waals surface area contributed by atoms with Gasteiger partial charge < -0.3 is 16.4 Å². The third-order valence-electron chi connectivity index (χ3n) is 4.43. The molecule has 0 aliphatic rings. The summed E-state index contributed by atoms with van der Waals surface area (Å²) in [5, 5.41) is 1.07. The minimum atomic E-state index is 0.681. The molecule has 0 fully saturated rings. The standard InChI is InChI=1S/C22H20N4/c1-15-13-14-16-7-6-12-21(22(16)25-15)26(19-10-4-2-8-17(19)23)20-11-5-3-9-18(20)24/h2-14H,23-24H2,1H3. The third kappa shape index (κ3) is 2.71. The van der Waals surface area contributed by atoms with Crippen LogP contribution >= 0.6 is 0 Å². The number of hydrogen-bond donors (Lipinski definition) is 2. The van der Waals surface area contributed by atoms with Crippen molar-refractivity contribution in [3.8, 4) is 0 Å². The summed E-state index contributed by atoms with van der Waals surface area (Å²) in [5.41, 5.74) is 18.6. The van der Waals surface area contributed by atoms with Crippen LogP contribution in [-0.2, 0) is 0 Å². The molecule has 0 saturated heterocycles. The van der Waals surface area contributed by atoms with Crippen LogP contribution in [0.4, 0.5) is 28.4 Å². The topological polar surface area (TPSA) is 68.2 Å². The fourth-order valence-electron chi connectivity index (χ4n) is 3.18. The molecule has 0 saturated carbocycles. The van der Waals surface area contributed by atoms with Gasteiger partial charge in [0.05, 0.1) is 34.0 Å². The van der Waals surface area contributed by atoms with Crippen molar-refractivity contribution < 1.29 is 0 Å². The van der Waals surface area contributed by atoms with Gasteiger partial charge in [0.15, 0.2) is 0 Å². The molecular formula is C22H20N4. The monoisotopic (exact) mass is 340 g/mol. The molecule has 0 radical (unpaired) electrons. The molecule has 0 atom stereocenters. The number of fused-ring (bicyclic) bond motifs is 1. The van der Waals surface area contributed by atoms with Crippen molar-refractivity contribution in [2.45, 2.75) is 6.92 Å². The number of aromatic nitrogens is 1. The molecule has 4 N–H and O–H groups in total. The molecule has 1 aromatic heterocycles. The number of hydrogen-bond acceptors (Lipinski definition) is 4. The van der Waals surface area contributed by atoms with Crippen LogP contribution < -0.4 is 16.4 Å². The molecule has 0 spiro atoms. The van der Waals surface area contributed by atoms with Crippen molar-refractivity contribution >= 4 is 39.3 Å². The van der Waals surface area contributed by atoms with E-state index in [9.17, 15) is 0 Å². The highest BCUT2D eigenvalue weighted by Crippen LogP contribution is 2.42. The van der Waals surface area contributed by atoms with E-state index in [1.165, 1.54) is 0 Å². The summed E-state index contributed by atoms with van der Waals surface area (Å²) in [6.45, 7) is 1.99. The smallest absolute Gasteiger partial charge is 0.0945 e. The first kappa shape index (κ1) is 16.0. The Bertz CT molecular complexity index is 1040. The molecule has 0 unspecified atom stereocenters. The third-order valence-corrected chi connectivity index (χ3v) is 4.43. The average molecular weight is 340 g/mol. The number of nitrogens with two attached hydrogens (primary N) is 2. The summed E-state index contributed by atoms with van der Waals surface area (Å²) in [6, 6.07) is 25.8. The first-order valence-corrected chi connectivity index (χ1v) is 8.50. The quantitative estimate of drug-likeness (QED) is 0.504. The molecule has 4 nitrogen and oxygen atoms in total. The van der Waals surface area contributed by atoms with Gasteiger partial charge in [0.1, 0.15) is 0 Å². The molecule has 4 aromatic rings. The molecule has 3 aromatic carbocycles. The Labute approximate surface area is 152 Å². The van der Waals surface area contributed by atoms with E-state index in [1.807, 2.05) is 73.7 Å². The lowest BCUT2D eigenvalue weighted by molar-refractivity contribution is 1.23. The van der Waals surface area contributed by atoms with Crippen LogP contribution in [0, 0.1) is 6.92 Å². The maximum absolute atomic E-state index is 6.32. The van der Waals surface area contributed by atoms with Gasteiger partial charge in [0.2, 0.25) is 0 Å². The van der Waals surface area contributed by atoms with Gasteiger partial charge in [-0.2, -0.15) is 0 Å². The zero-order chi connectivity index (χ0) is 18.1. The predicted molar refractivity (Wildman–Crippen MR) is 110 cm³/mol. The molecule has 4 rings (SSSR count). The minimum Gasteiger partial charge on any atom is -0.397 e. The number of anilines is 5. The van der Waals surface area contributed by atoms with Gasteiger partial charge in [-0.25, -0.2) is 0 Å². The van der Waals surface area contributed by atoms with E-state index in [-0.39, 0.29) is 0 Å². The second-order valence-electron chi connectivity index (χ2n) is 6.25. The van der Waals surface area contributed by atoms with Crippen LogP contribution in [0.2, 0.25) is 0 Å². The lowest BCUT2D eigenvalue weighted by Gasteiger charge is -2.28. The second kappa shape index (κ2) is 6.41. The zero-order valence-corrected chi connectivity index (χ0v) is 14.6. The Kier molecular flexibility index (Phi) is 3.93. The zero-order valence-electron chi connectivity index (χ0n) is 14.6. The number of benzene rings is 3. The highest BCUT2D eigenvalue weighted by atomic mass is 15.2. The van der Waals surface area contributed by atoms with Crippen molar-refractivity contribution in [3.63, 3.8) is 0 Å². The highest BCUT2D eigenvalue weighted by molar-refractivity contribution is 5.99. The van der Waals surface area contributed by atoms with Crippen LogP contribution in [0.5, 0.6) is 0 Å². The van der Waals surface area contributed by atoms with Gasteiger partial charge in [-0.15, -0.1) is 0 Å². The number of pyridine rings is 1. The summed E-state index contributed by atoms with van der Waals surface area (Å²) < 4.78 is 0. The van der Waals surface area contributed by atoms with Gasteiger partial charge in [-0.05, 0) is 43.3 Å². The Balaban J connectivity index is 2.06. The van der Waals surface area contributed by atoms with Crippen LogP contribution in [-0.4, -0.2) is 4.98 Å². The SMILES string of the molecule is Cc1ccc2cccc(N(c3ccccc3N)c3ccccc3N)c2n1. The number of para-hydroxylation sites is 5. The molecule has 4 heteroatoms. The maximum atomic E-state index is 6.32. The fourth-order valence-corrected chi connectivity index (χ4v) is 3.18. The Morgan fingerprint density at radius 3 is 1.85 bits per heavy atom. The fraction of sp³-hybridized carbons (Fsp3) is 0.0455. The average Bonchev–Trinajstić information content (AvgIpc) is 2.65.